The van der Waals surface area contributed by atoms with Gasteiger partial charge in [0.2, 0.25) is 5.91 Å². The van der Waals surface area contributed by atoms with E-state index in [1.54, 1.807) is 13.2 Å². The lowest BCUT2D eigenvalue weighted by Crippen LogP contribution is -2.49. The number of halogens is 2. The second kappa shape index (κ2) is 7.81. The number of piperidine rings is 1. The zero-order chi connectivity index (χ0) is 16.3. The topological polar surface area (TPSA) is 50.4 Å². The van der Waals surface area contributed by atoms with Crippen LogP contribution in [0.2, 0.25) is 0 Å². The van der Waals surface area contributed by atoms with Crippen LogP contribution >= 0.6 is 12.4 Å². The van der Waals surface area contributed by atoms with Crippen molar-refractivity contribution in [1.29, 1.82) is 0 Å². The van der Waals surface area contributed by atoms with Gasteiger partial charge in [-0.05, 0) is 56.5 Å². The van der Waals surface area contributed by atoms with E-state index in [1.165, 1.54) is 12.1 Å². The van der Waals surface area contributed by atoms with Gasteiger partial charge in [-0.2, -0.15) is 0 Å². The van der Waals surface area contributed by atoms with Crippen LogP contribution < -0.4 is 10.6 Å². The maximum Gasteiger partial charge on any atom is 0.230 e. The van der Waals surface area contributed by atoms with Crippen molar-refractivity contribution in [2.75, 3.05) is 33.4 Å². The fourth-order valence-corrected chi connectivity index (χ4v) is 3.63. The van der Waals surface area contributed by atoms with Gasteiger partial charge in [-0.25, -0.2) is 4.39 Å². The first kappa shape index (κ1) is 19.2. The number of carbonyl (C=O) groups is 1. The Bertz CT molecular complexity index is 566. The molecule has 24 heavy (non-hydrogen) atoms. The van der Waals surface area contributed by atoms with Crippen LogP contribution in [0.4, 0.5) is 4.39 Å². The first-order chi connectivity index (χ1) is 11.1. The quantitative estimate of drug-likeness (QED) is 0.823. The molecule has 1 saturated carbocycles. The number of amides is 1. The van der Waals surface area contributed by atoms with Crippen LogP contribution in [0.1, 0.15) is 31.2 Å². The summed E-state index contributed by atoms with van der Waals surface area (Å²) in [6.45, 7) is 3.18. The fraction of sp³-hybridized carbons (Fsp3) is 0.611. The molecule has 2 N–H and O–H groups in total. The van der Waals surface area contributed by atoms with E-state index in [-0.39, 0.29) is 29.5 Å². The van der Waals surface area contributed by atoms with E-state index in [2.05, 4.69) is 10.6 Å². The molecule has 1 amide bonds. The average molecular weight is 357 g/mol. The van der Waals surface area contributed by atoms with E-state index in [0.29, 0.717) is 13.2 Å². The molecule has 2 fully saturated rings. The zero-order valence-electron chi connectivity index (χ0n) is 14.1. The molecule has 4 nitrogen and oxygen atoms in total. The number of carbonyl (C=O) groups excluding carboxylic acids is 1. The highest BCUT2D eigenvalue weighted by atomic mass is 35.5. The second-order valence-electron chi connectivity index (χ2n) is 6.96. The summed E-state index contributed by atoms with van der Waals surface area (Å²) in [5, 5.41) is 6.48. The summed E-state index contributed by atoms with van der Waals surface area (Å²) in [5.74, 6) is -0.257. The second-order valence-corrected chi connectivity index (χ2v) is 6.96. The van der Waals surface area contributed by atoms with Gasteiger partial charge in [0.25, 0.3) is 0 Å². The molecule has 0 radical (unpaired) electrons. The van der Waals surface area contributed by atoms with Crippen molar-refractivity contribution in [1.82, 2.24) is 10.6 Å². The standard InChI is InChI=1S/C18H25FN2O2.ClH/c1-23-13-17(7-9-20-10-8-17)12-21-16(22)18(5-6-18)14-3-2-4-15(19)11-14;/h2-4,11,20H,5-10,12-13H2,1H3,(H,21,22);1H. The molecule has 1 aliphatic carbocycles. The van der Waals surface area contributed by atoms with E-state index in [0.717, 1.165) is 44.3 Å². The Balaban J connectivity index is 0.00000208. The number of hydrogen-bond donors (Lipinski definition) is 2. The summed E-state index contributed by atoms with van der Waals surface area (Å²) in [6.07, 6.45) is 3.57. The number of rotatable bonds is 6. The molecule has 0 spiro atoms. The van der Waals surface area contributed by atoms with Crippen LogP contribution in [-0.4, -0.2) is 39.3 Å². The number of nitrogens with one attached hydrogen (secondary N) is 2. The number of hydrogen-bond acceptors (Lipinski definition) is 3. The van der Waals surface area contributed by atoms with Gasteiger partial charge in [0, 0.05) is 19.1 Å². The SMILES string of the molecule is COCC1(CNC(=O)C2(c3cccc(F)c3)CC2)CCNCC1.Cl. The molecule has 1 saturated heterocycles. The third kappa shape index (κ3) is 3.90. The molecular formula is C18H26ClFN2O2. The number of benzene rings is 1. The Morgan fingerprint density at radius 1 is 1.29 bits per heavy atom. The molecule has 1 aromatic carbocycles. The van der Waals surface area contributed by atoms with Crippen molar-refractivity contribution in [3.63, 3.8) is 0 Å². The van der Waals surface area contributed by atoms with Crippen LogP contribution in [0.5, 0.6) is 0 Å². The van der Waals surface area contributed by atoms with Gasteiger partial charge in [-0.3, -0.25) is 4.79 Å². The molecule has 0 unspecified atom stereocenters. The van der Waals surface area contributed by atoms with Crippen LogP contribution in [0.3, 0.4) is 0 Å². The minimum atomic E-state index is -0.525. The van der Waals surface area contributed by atoms with Crippen molar-refractivity contribution in [2.45, 2.75) is 31.1 Å². The van der Waals surface area contributed by atoms with Crippen molar-refractivity contribution in [3.8, 4) is 0 Å². The van der Waals surface area contributed by atoms with Crippen molar-refractivity contribution < 1.29 is 13.9 Å². The maximum absolute atomic E-state index is 13.5. The molecule has 2 aliphatic rings. The number of methoxy groups -OCH3 is 1. The lowest BCUT2D eigenvalue weighted by atomic mass is 9.79. The Morgan fingerprint density at radius 2 is 2.00 bits per heavy atom. The molecule has 0 atom stereocenters. The van der Waals surface area contributed by atoms with Crippen LogP contribution in [0, 0.1) is 11.2 Å². The lowest BCUT2D eigenvalue weighted by molar-refractivity contribution is -0.124. The molecule has 1 aromatic rings. The monoisotopic (exact) mass is 356 g/mol. The summed E-state index contributed by atoms with van der Waals surface area (Å²) in [6, 6.07) is 6.43. The molecule has 3 rings (SSSR count). The number of ether oxygens (including phenoxy) is 1. The summed E-state index contributed by atoms with van der Waals surface area (Å²) >= 11 is 0. The highest BCUT2D eigenvalue weighted by Gasteiger charge is 2.51. The first-order valence-electron chi connectivity index (χ1n) is 8.34. The first-order valence-corrected chi connectivity index (χ1v) is 8.34. The molecule has 0 aromatic heterocycles. The van der Waals surface area contributed by atoms with Gasteiger partial charge in [0.1, 0.15) is 5.82 Å². The Hall–Kier alpha value is -1.17. The summed E-state index contributed by atoms with van der Waals surface area (Å²) in [4.78, 5) is 12.7. The molecule has 0 bridgehead atoms. The molecule has 134 valence electrons. The predicted molar refractivity (Wildman–Crippen MR) is 94.0 cm³/mol. The Kier molecular flexibility index (Phi) is 6.23. The van der Waals surface area contributed by atoms with Gasteiger partial charge in [-0.1, -0.05) is 12.1 Å². The van der Waals surface area contributed by atoms with Crippen LogP contribution in [0.15, 0.2) is 24.3 Å². The largest absolute Gasteiger partial charge is 0.384 e. The Morgan fingerprint density at radius 3 is 2.58 bits per heavy atom. The van der Waals surface area contributed by atoms with Gasteiger partial charge in [0.05, 0.1) is 12.0 Å². The third-order valence-electron chi connectivity index (χ3n) is 5.30. The lowest BCUT2D eigenvalue weighted by Gasteiger charge is -2.37. The highest BCUT2D eigenvalue weighted by molar-refractivity contribution is 5.91. The van der Waals surface area contributed by atoms with Gasteiger partial charge < -0.3 is 15.4 Å². The van der Waals surface area contributed by atoms with Crippen molar-refractivity contribution in [2.24, 2.45) is 5.41 Å². The minimum Gasteiger partial charge on any atom is -0.384 e. The third-order valence-corrected chi connectivity index (χ3v) is 5.30. The average Bonchev–Trinajstić information content (AvgIpc) is 3.36. The molecule has 6 heteroatoms. The van der Waals surface area contributed by atoms with E-state index in [1.807, 2.05) is 6.07 Å². The smallest absolute Gasteiger partial charge is 0.230 e. The van der Waals surface area contributed by atoms with Crippen LogP contribution in [0.25, 0.3) is 0 Å². The van der Waals surface area contributed by atoms with Crippen molar-refractivity contribution in [3.05, 3.63) is 35.6 Å². The Labute approximate surface area is 148 Å². The van der Waals surface area contributed by atoms with Gasteiger partial charge >= 0.3 is 0 Å². The molecule has 1 aliphatic heterocycles. The summed E-state index contributed by atoms with van der Waals surface area (Å²) in [7, 11) is 1.71. The predicted octanol–water partition coefficient (Wildman–Crippen LogP) is 2.41. The zero-order valence-corrected chi connectivity index (χ0v) is 14.9. The minimum absolute atomic E-state index is 0. The maximum atomic E-state index is 13.5. The normalized spacial score (nSPS) is 20.8. The molecule has 1 heterocycles. The van der Waals surface area contributed by atoms with Crippen LogP contribution in [-0.2, 0) is 14.9 Å². The van der Waals surface area contributed by atoms with E-state index in [9.17, 15) is 9.18 Å². The van der Waals surface area contributed by atoms with E-state index < -0.39 is 5.41 Å². The van der Waals surface area contributed by atoms with E-state index in [4.69, 9.17) is 4.74 Å². The summed E-state index contributed by atoms with van der Waals surface area (Å²) in [5.41, 5.74) is 0.276. The fourth-order valence-electron chi connectivity index (χ4n) is 3.63. The highest BCUT2D eigenvalue weighted by Crippen LogP contribution is 2.48. The summed E-state index contributed by atoms with van der Waals surface area (Å²) < 4.78 is 18.9. The van der Waals surface area contributed by atoms with E-state index >= 15 is 0 Å². The molecular weight excluding hydrogens is 331 g/mol. The van der Waals surface area contributed by atoms with Crippen molar-refractivity contribution >= 4 is 18.3 Å². The van der Waals surface area contributed by atoms with Gasteiger partial charge in [0.15, 0.2) is 0 Å². The van der Waals surface area contributed by atoms with Gasteiger partial charge in [-0.15, -0.1) is 12.4 Å².